The van der Waals surface area contributed by atoms with Crippen molar-refractivity contribution in [3.8, 4) is 0 Å². The van der Waals surface area contributed by atoms with Gasteiger partial charge >= 0.3 is 5.97 Å². The van der Waals surface area contributed by atoms with Gasteiger partial charge in [0.1, 0.15) is 12.5 Å². The smallest absolute Gasteiger partial charge is 0.316 e. The van der Waals surface area contributed by atoms with Crippen LogP contribution in [0.3, 0.4) is 0 Å². The van der Waals surface area contributed by atoms with E-state index in [0.29, 0.717) is 11.4 Å². The Bertz CT molecular complexity index is 734. The van der Waals surface area contributed by atoms with Crippen LogP contribution in [-0.4, -0.2) is 41.4 Å². The van der Waals surface area contributed by atoms with Crippen molar-refractivity contribution in [2.45, 2.75) is 25.5 Å². The summed E-state index contributed by atoms with van der Waals surface area (Å²) in [5.41, 5.74) is 1.01. The molecule has 1 saturated carbocycles. The molecule has 24 heavy (non-hydrogen) atoms. The highest BCUT2D eigenvalue weighted by atomic mass is 16.6. The Kier molecular flexibility index (Phi) is 3.92. The third kappa shape index (κ3) is 2.92. The number of carbonyl (C=O) groups is 3. The molecule has 1 aromatic rings. The predicted octanol–water partition coefficient (Wildman–Crippen LogP) is 0.569. The Hall–Kier alpha value is -2.97. The highest BCUT2D eigenvalue weighted by Crippen LogP contribution is 2.35. The first-order valence-electron chi connectivity index (χ1n) is 7.42. The highest BCUT2D eigenvalue weighted by molar-refractivity contribution is 6.11. The van der Waals surface area contributed by atoms with E-state index in [1.807, 2.05) is 0 Å². The number of carbonyl (C=O) groups excluding carboxylic acids is 3. The van der Waals surface area contributed by atoms with Gasteiger partial charge in [-0.25, -0.2) is 0 Å². The third-order valence-corrected chi connectivity index (χ3v) is 4.01. The van der Waals surface area contributed by atoms with Crippen LogP contribution in [0.4, 0.5) is 11.4 Å². The molecule has 3 atom stereocenters. The molecule has 9 heteroatoms. The number of nitro groups is 1. The maximum atomic E-state index is 12.5. The van der Waals surface area contributed by atoms with Gasteiger partial charge in [0.2, 0.25) is 11.9 Å². The quantitative estimate of drug-likeness (QED) is 0.489. The van der Waals surface area contributed by atoms with Gasteiger partial charge in [0.05, 0.1) is 11.4 Å². The van der Waals surface area contributed by atoms with Gasteiger partial charge in [0, 0.05) is 11.3 Å². The van der Waals surface area contributed by atoms with Crippen LogP contribution in [0.25, 0.3) is 0 Å². The minimum Gasteiger partial charge on any atom is -0.452 e. The molecule has 3 rings (SSSR count). The van der Waals surface area contributed by atoms with E-state index in [4.69, 9.17) is 4.74 Å². The minimum absolute atomic E-state index is 0.127. The molecule has 126 valence electrons. The molecule has 0 aromatic heterocycles. The van der Waals surface area contributed by atoms with E-state index in [1.165, 1.54) is 11.8 Å². The second-order valence-corrected chi connectivity index (χ2v) is 5.76. The van der Waals surface area contributed by atoms with E-state index < -0.39 is 34.9 Å². The maximum Gasteiger partial charge on any atom is 0.316 e. The standard InChI is InChI=1S/C15H15N3O6/c1-8(24-15(21)9-6-12(9)18(22)23)14(20)17-7-13(19)16-10-4-2-3-5-11(10)17/h2-5,8-9,12H,6-7H2,1H3,(H,16,19). The van der Waals surface area contributed by atoms with Gasteiger partial charge in [-0.3, -0.25) is 29.4 Å². The number of para-hydroxylation sites is 2. The minimum atomic E-state index is -1.13. The third-order valence-electron chi connectivity index (χ3n) is 4.01. The fourth-order valence-electron chi connectivity index (χ4n) is 2.63. The van der Waals surface area contributed by atoms with E-state index >= 15 is 0 Å². The van der Waals surface area contributed by atoms with Crippen LogP contribution in [0.2, 0.25) is 0 Å². The lowest BCUT2D eigenvalue weighted by molar-refractivity contribution is -0.497. The number of nitrogens with one attached hydrogen (secondary N) is 1. The zero-order chi connectivity index (χ0) is 17.4. The van der Waals surface area contributed by atoms with Crippen LogP contribution in [-0.2, 0) is 19.1 Å². The SMILES string of the molecule is CC(OC(=O)C1CC1[N+](=O)[O-])C(=O)N1CC(=O)Nc2ccccc21. The van der Waals surface area contributed by atoms with Gasteiger partial charge < -0.3 is 10.1 Å². The van der Waals surface area contributed by atoms with E-state index in [-0.39, 0.29) is 18.9 Å². The summed E-state index contributed by atoms with van der Waals surface area (Å²) < 4.78 is 5.05. The maximum absolute atomic E-state index is 12.5. The fraction of sp³-hybridized carbons (Fsp3) is 0.400. The van der Waals surface area contributed by atoms with Gasteiger partial charge in [-0.1, -0.05) is 12.1 Å². The summed E-state index contributed by atoms with van der Waals surface area (Å²) in [6.45, 7) is 1.21. The van der Waals surface area contributed by atoms with E-state index in [2.05, 4.69) is 5.32 Å². The molecule has 2 amide bonds. The molecule has 3 unspecified atom stereocenters. The van der Waals surface area contributed by atoms with Crippen LogP contribution < -0.4 is 10.2 Å². The van der Waals surface area contributed by atoms with Gasteiger partial charge in [-0.2, -0.15) is 0 Å². The van der Waals surface area contributed by atoms with Gasteiger partial charge in [0.25, 0.3) is 5.91 Å². The summed E-state index contributed by atoms with van der Waals surface area (Å²) in [5.74, 6) is -2.46. The predicted molar refractivity (Wildman–Crippen MR) is 81.9 cm³/mol. The topological polar surface area (TPSA) is 119 Å². The Morgan fingerprint density at radius 1 is 1.42 bits per heavy atom. The average molecular weight is 333 g/mol. The Morgan fingerprint density at radius 2 is 2.12 bits per heavy atom. The molecule has 0 bridgehead atoms. The number of benzene rings is 1. The number of hydrogen-bond donors (Lipinski definition) is 1. The van der Waals surface area contributed by atoms with E-state index in [9.17, 15) is 24.5 Å². The van der Waals surface area contributed by atoms with Crippen molar-refractivity contribution >= 4 is 29.2 Å². The molecular formula is C15H15N3O6. The van der Waals surface area contributed by atoms with Crippen molar-refractivity contribution in [1.29, 1.82) is 0 Å². The number of fused-ring (bicyclic) bond motifs is 1. The van der Waals surface area contributed by atoms with Crippen molar-refractivity contribution in [2.24, 2.45) is 5.92 Å². The van der Waals surface area contributed by atoms with Gasteiger partial charge in [-0.15, -0.1) is 0 Å². The number of amides is 2. The molecule has 0 spiro atoms. The first-order valence-corrected chi connectivity index (χ1v) is 7.42. The largest absolute Gasteiger partial charge is 0.452 e. The Morgan fingerprint density at radius 3 is 2.79 bits per heavy atom. The monoisotopic (exact) mass is 333 g/mol. The first-order chi connectivity index (χ1) is 11.4. The molecule has 1 aromatic carbocycles. The van der Waals surface area contributed by atoms with E-state index in [0.717, 1.165) is 0 Å². The van der Waals surface area contributed by atoms with Crippen molar-refractivity contribution in [3.05, 3.63) is 34.4 Å². The van der Waals surface area contributed by atoms with Crippen molar-refractivity contribution < 1.29 is 24.0 Å². The zero-order valence-electron chi connectivity index (χ0n) is 12.8. The Balaban J connectivity index is 1.69. The number of rotatable bonds is 4. The summed E-state index contributed by atoms with van der Waals surface area (Å²) in [6, 6.07) is 5.85. The molecule has 1 fully saturated rings. The van der Waals surface area contributed by atoms with Crippen LogP contribution in [0, 0.1) is 16.0 Å². The number of ether oxygens (including phenoxy) is 1. The second-order valence-electron chi connectivity index (χ2n) is 5.76. The average Bonchev–Trinajstić information content (AvgIpc) is 3.34. The van der Waals surface area contributed by atoms with Crippen molar-refractivity contribution in [2.75, 3.05) is 16.8 Å². The van der Waals surface area contributed by atoms with E-state index in [1.54, 1.807) is 24.3 Å². The van der Waals surface area contributed by atoms with Crippen molar-refractivity contribution in [1.82, 2.24) is 0 Å². The summed E-state index contributed by atoms with van der Waals surface area (Å²) in [5, 5.41) is 13.3. The zero-order valence-corrected chi connectivity index (χ0v) is 12.8. The summed E-state index contributed by atoms with van der Waals surface area (Å²) in [4.78, 5) is 47.4. The lowest BCUT2D eigenvalue weighted by Crippen LogP contribution is -2.47. The number of anilines is 2. The van der Waals surface area contributed by atoms with Gasteiger partial charge in [-0.05, 0) is 19.1 Å². The molecule has 0 saturated heterocycles. The van der Waals surface area contributed by atoms with Crippen LogP contribution in [0.5, 0.6) is 0 Å². The molecule has 0 radical (unpaired) electrons. The first kappa shape index (κ1) is 15.9. The normalized spacial score (nSPS) is 22.9. The summed E-state index contributed by atoms with van der Waals surface area (Å²) >= 11 is 0. The lowest BCUT2D eigenvalue weighted by atomic mass is 10.1. The molecule has 2 aliphatic rings. The molecule has 1 aliphatic carbocycles. The number of nitrogens with zero attached hydrogens (tertiary/aromatic N) is 2. The highest BCUT2D eigenvalue weighted by Gasteiger charge is 2.55. The lowest BCUT2D eigenvalue weighted by Gasteiger charge is -2.30. The molecule has 1 N–H and O–H groups in total. The summed E-state index contributed by atoms with van der Waals surface area (Å²) in [6.07, 6.45) is -1.01. The molecular weight excluding hydrogens is 318 g/mol. The number of hydrogen-bond acceptors (Lipinski definition) is 6. The number of esters is 1. The van der Waals surface area contributed by atoms with Crippen LogP contribution in [0.1, 0.15) is 13.3 Å². The van der Waals surface area contributed by atoms with Crippen LogP contribution in [0.15, 0.2) is 24.3 Å². The summed E-state index contributed by atoms with van der Waals surface area (Å²) in [7, 11) is 0. The molecule has 1 aliphatic heterocycles. The Labute approximate surface area is 136 Å². The van der Waals surface area contributed by atoms with Crippen molar-refractivity contribution in [3.63, 3.8) is 0 Å². The second kappa shape index (κ2) is 5.91. The molecule has 9 nitrogen and oxygen atoms in total. The van der Waals surface area contributed by atoms with Gasteiger partial charge in [0.15, 0.2) is 6.10 Å². The fourth-order valence-corrected chi connectivity index (χ4v) is 2.63. The van der Waals surface area contributed by atoms with Crippen LogP contribution >= 0.6 is 0 Å². The molecule has 1 heterocycles.